The van der Waals surface area contributed by atoms with E-state index in [2.05, 4.69) is 15.0 Å². The summed E-state index contributed by atoms with van der Waals surface area (Å²) >= 11 is 0. The van der Waals surface area contributed by atoms with Crippen LogP contribution in [0.1, 0.15) is 57.4 Å². The predicted octanol–water partition coefficient (Wildman–Crippen LogP) is 1.72. The third kappa shape index (κ3) is 2.75. The Morgan fingerprint density at radius 1 is 1.00 bits per heavy atom. The average Bonchev–Trinajstić information content (AvgIpc) is 2.67. The van der Waals surface area contributed by atoms with Gasteiger partial charge in [-0.2, -0.15) is 4.98 Å². The minimum Gasteiger partial charge on any atom is -0.391 e. The van der Waals surface area contributed by atoms with Crippen LogP contribution >= 0.6 is 0 Å². The SMILES string of the molecule is Nc1nc(N2CCCCCC2)nn1C1CCCCC1O. The Balaban J connectivity index is 1.79. The molecule has 2 atom stereocenters. The van der Waals surface area contributed by atoms with E-state index in [0.29, 0.717) is 5.95 Å². The van der Waals surface area contributed by atoms with Crippen molar-refractivity contribution in [2.45, 2.75) is 63.5 Å². The number of aromatic nitrogens is 3. The zero-order valence-electron chi connectivity index (χ0n) is 12.0. The number of nitrogens with two attached hydrogens (primary N) is 1. The highest BCUT2D eigenvalue weighted by atomic mass is 16.3. The molecule has 20 heavy (non-hydrogen) atoms. The molecule has 3 N–H and O–H groups in total. The van der Waals surface area contributed by atoms with Gasteiger partial charge in [-0.15, -0.1) is 5.10 Å². The Morgan fingerprint density at radius 2 is 1.70 bits per heavy atom. The van der Waals surface area contributed by atoms with Crippen molar-refractivity contribution in [1.82, 2.24) is 14.8 Å². The molecule has 6 heteroatoms. The summed E-state index contributed by atoms with van der Waals surface area (Å²) in [6.07, 6.45) is 8.61. The quantitative estimate of drug-likeness (QED) is 0.861. The summed E-state index contributed by atoms with van der Waals surface area (Å²) < 4.78 is 1.75. The fraction of sp³-hybridized carbons (Fsp3) is 0.857. The monoisotopic (exact) mass is 279 g/mol. The summed E-state index contributed by atoms with van der Waals surface area (Å²) in [6.45, 7) is 2.02. The lowest BCUT2D eigenvalue weighted by molar-refractivity contribution is 0.0705. The molecular formula is C14H25N5O. The standard InChI is InChI=1S/C14H25N5O/c15-13-16-14(18-9-5-1-2-6-10-18)17-19(13)11-7-3-4-8-12(11)20/h11-12,20H,1-10H2,(H2,15,16,17). The van der Waals surface area contributed by atoms with E-state index in [9.17, 15) is 5.11 Å². The molecule has 0 spiro atoms. The van der Waals surface area contributed by atoms with Gasteiger partial charge in [0.2, 0.25) is 11.9 Å². The second kappa shape index (κ2) is 5.99. The first-order chi connectivity index (χ1) is 9.75. The number of nitrogens with zero attached hydrogens (tertiary/aromatic N) is 4. The number of anilines is 2. The Labute approximate surface area is 120 Å². The molecule has 0 amide bonds. The highest BCUT2D eigenvalue weighted by molar-refractivity contribution is 5.35. The van der Waals surface area contributed by atoms with Crippen molar-refractivity contribution in [1.29, 1.82) is 0 Å². The molecule has 2 unspecified atom stereocenters. The van der Waals surface area contributed by atoms with Gasteiger partial charge in [-0.25, -0.2) is 4.68 Å². The molecule has 1 saturated carbocycles. The molecule has 1 aromatic rings. The van der Waals surface area contributed by atoms with Gasteiger partial charge in [0.1, 0.15) is 0 Å². The van der Waals surface area contributed by atoms with E-state index >= 15 is 0 Å². The maximum absolute atomic E-state index is 10.2. The molecule has 0 bridgehead atoms. The van der Waals surface area contributed by atoms with Crippen molar-refractivity contribution in [3.8, 4) is 0 Å². The number of aliphatic hydroxyl groups excluding tert-OH is 1. The molecule has 0 aromatic carbocycles. The summed E-state index contributed by atoms with van der Waals surface area (Å²) in [5.41, 5.74) is 6.03. The molecule has 6 nitrogen and oxygen atoms in total. The predicted molar refractivity (Wildman–Crippen MR) is 78.6 cm³/mol. The summed E-state index contributed by atoms with van der Waals surface area (Å²) in [6, 6.07) is -0.00280. The minimum atomic E-state index is -0.343. The summed E-state index contributed by atoms with van der Waals surface area (Å²) in [5, 5.41) is 14.7. The third-order valence-electron chi connectivity index (χ3n) is 4.54. The number of nitrogen functional groups attached to an aromatic ring is 1. The van der Waals surface area contributed by atoms with Crippen LogP contribution in [0.15, 0.2) is 0 Å². The second-order valence-electron chi connectivity index (χ2n) is 6.03. The van der Waals surface area contributed by atoms with Gasteiger partial charge in [-0.05, 0) is 25.7 Å². The smallest absolute Gasteiger partial charge is 0.246 e. The Hall–Kier alpha value is -1.30. The first kappa shape index (κ1) is 13.7. The van der Waals surface area contributed by atoms with Gasteiger partial charge in [0.05, 0.1) is 12.1 Å². The molecule has 1 aromatic heterocycles. The lowest BCUT2D eigenvalue weighted by atomic mass is 9.93. The molecule has 0 radical (unpaired) electrons. The van der Waals surface area contributed by atoms with Crippen molar-refractivity contribution in [2.24, 2.45) is 0 Å². The van der Waals surface area contributed by atoms with Crippen LogP contribution in [0.25, 0.3) is 0 Å². The topological polar surface area (TPSA) is 80.2 Å². The molecular weight excluding hydrogens is 254 g/mol. The molecule has 1 aliphatic heterocycles. The Kier molecular flexibility index (Phi) is 4.10. The lowest BCUT2D eigenvalue weighted by Gasteiger charge is -2.27. The van der Waals surface area contributed by atoms with Gasteiger partial charge < -0.3 is 15.7 Å². The first-order valence-corrected chi connectivity index (χ1v) is 7.91. The first-order valence-electron chi connectivity index (χ1n) is 7.91. The van der Waals surface area contributed by atoms with Crippen LogP contribution in [0.5, 0.6) is 0 Å². The summed E-state index contributed by atoms with van der Waals surface area (Å²) in [7, 11) is 0. The van der Waals surface area contributed by atoms with Crippen molar-refractivity contribution in [3.05, 3.63) is 0 Å². The minimum absolute atomic E-state index is 0.00280. The van der Waals surface area contributed by atoms with E-state index in [1.807, 2.05) is 0 Å². The van der Waals surface area contributed by atoms with Gasteiger partial charge in [-0.1, -0.05) is 25.7 Å². The molecule has 112 valence electrons. The number of aliphatic hydroxyl groups is 1. The summed E-state index contributed by atoms with van der Waals surface area (Å²) in [4.78, 5) is 6.66. The van der Waals surface area contributed by atoms with E-state index in [1.165, 1.54) is 25.7 Å². The van der Waals surface area contributed by atoms with E-state index in [1.54, 1.807) is 4.68 Å². The van der Waals surface area contributed by atoms with Gasteiger partial charge in [-0.3, -0.25) is 0 Å². The zero-order valence-corrected chi connectivity index (χ0v) is 12.0. The fourth-order valence-corrected chi connectivity index (χ4v) is 3.35. The van der Waals surface area contributed by atoms with Gasteiger partial charge in [0.15, 0.2) is 0 Å². The number of hydrogen-bond donors (Lipinski definition) is 2. The van der Waals surface area contributed by atoms with Crippen LogP contribution in [0.4, 0.5) is 11.9 Å². The van der Waals surface area contributed by atoms with E-state index in [0.717, 1.165) is 44.7 Å². The molecule has 3 rings (SSSR count). The van der Waals surface area contributed by atoms with Crippen LogP contribution in [0, 0.1) is 0 Å². The number of rotatable bonds is 2. The van der Waals surface area contributed by atoms with Crippen molar-refractivity contribution in [2.75, 3.05) is 23.7 Å². The van der Waals surface area contributed by atoms with Crippen molar-refractivity contribution >= 4 is 11.9 Å². The molecule has 1 saturated heterocycles. The second-order valence-corrected chi connectivity index (χ2v) is 6.03. The summed E-state index contributed by atoms with van der Waals surface area (Å²) in [5.74, 6) is 1.18. The van der Waals surface area contributed by atoms with Crippen LogP contribution < -0.4 is 10.6 Å². The van der Waals surface area contributed by atoms with E-state index in [4.69, 9.17) is 5.73 Å². The average molecular weight is 279 g/mol. The molecule has 2 heterocycles. The maximum Gasteiger partial charge on any atom is 0.246 e. The Morgan fingerprint density at radius 3 is 2.40 bits per heavy atom. The van der Waals surface area contributed by atoms with E-state index in [-0.39, 0.29) is 12.1 Å². The lowest BCUT2D eigenvalue weighted by Crippen LogP contribution is -2.30. The van der Waals surface area contributed by atoms with Crippen LogP contribution in [0.3, 0.4) is 0 Å². The Bertz CT molecular complexity index is 439. The van der Waals surface area contributed by atoms with Crippen molar-refractivity contribution in [3.63, 3.8) is 0 Å². The van der Waals surface area contributed by atoms with Gasteiger partial charge in [0.25, 0.3) is 0 Å². The molecule has 1 aliphatic carbocycles. The number of hydrogen-bond acceptors (Lipinski definition) is 5. The molecule has 2 fully saturated rings. The van der Waals surface area contributed by atoms with Crippen LogP contribution in [-0.4, -0.2) is 39.1 Å². The van der Waals surface area contributed by atoms with E-state index < -0.39 is 0 Å². The zero-order chi connectivity index (χ0) is 13.9. The van der Waals surface area contributed by atoms with Crippen molar-refractivity contribution < 1.29 is 5.11 Å². The van der Waals surface area contributed by atoms with Gasteiger partial charge >= 0.3 is 0 Å². The van der Waals surface area contributed by atoms with Crippen LogP contribution in [-0.2, 0) is 0 Å². The third-order valence-corrected chi connectivity index (χ3v) is 4.54. The maximum atomic E-state index is 10.2. The normalized spacial score (nSPS) is 28.4. The highest BCUT2D eigenvalue weighted by Crippen LogP contribution is 2.30. The highest BCUT2D eigenvalue weighted by Gasteiger charge is 2.28. The fourth-order valence-electron chi connectivity index (χ4n) is 3.35. The van der Waals surface area contributed by atoms with Crippen LogP contribution in [0.2, 0.25) is 0 Å². The molecule has 2 aliphatic rings. The largest absolute Gasteiger partial charge is 0.391 e. The van der Waals surface area contributed by atoms with Gasteiger partial charge in [0, 0.05) is 13.1 Å².